The van der Waals surface area contributed by atoms with Crippen molar-refractivity contribution in [2.75, 3.05) is 16.8 Å². The third-order valence-corrected chi connectivity index (χ3v) is 6.04. The molecule has 2 aromatic rings. The number of alkyl halides is 3. The van der Waals surface area contributed by atoms with Crippen molar-refractivity contribution >= 4 is 23.2 Å². The van der Waals surface area contributed by atoms with Gasteiger partial charge in [0.1, 0.15) is 0 Å². The highest BCUT2D eigenvalue weighted by atomic mass is 19.4. The third-order valence-electron chi connectivity index (χ3n) is 6.04. The third kappa shape index (κ3) is 4.20. The van der Waals surface area contributed by atoms with Gasteiger partial charge in [-0.2, -0.15) is 13.2 Å². The van der Waals surface area contributed by atoms with Crippen molar-refractivity contribution in [3.63, 3.8) is 0 Å². The lowest BCUT2D eigenvalue weighted by Crippen LogP contribution is -2.34. The van der Waals surface area contributed by atoms with Crippen LogP contribution in [0.1, 0.15) is 41.6 Å². The number of halogens is 3. The molecule has 0 radical (unpaired) electrons. The van der Waals surface area contributed by atoms with E-state index in [2.05, 4.69) is 5.32 Å². The fourth-order valence-corrected chi connectivity index (χ4v) is 4.37. The van der Waals surface area contributed by atoms with Crippen LogP contribution in [0.15, 0.2) is 48.5 Å². The molecule has 2 atom stereocenters. The lowest BCUT2D eigenvalue weighted by Gasteiger charge is -2.29. The largest absolute Gasteiger partial charge is 0.391 e. The Morgan fingerprint density at radius 2 is 1.73 bits per heavy atom. The molecule has 1 saturated carbocycles. The Morgan fingerprint density at radius 3 is 2.47 bits per heavy atom. The van der Waals surface area contributed by atoms with Gasteiger partial charge in [-0.1, -0.05) is 24.6 Å². The molecule has 1 fully saturated rings. The van der Waals surface area contributed by atoms with Crippen LogP contribution in [0.2, 0.25) is 0 Å². The zero-order chi connectivity index (χ0) is 21.3. The fourth-order valence-electron chi connectivity index (χ4n) is 4.37. The van der Waals surface area contributed by atoms with Crippen molar-refractivity contribution in [2.24, 2.45) is 11.8 Å². The first-order valence-electron chi connectivity index (χ1n) is 10.2. The van der Waals surface area contributed by atoms with Gasteiger partial charge in [0.2, 0.25) is 5.91 Å². The second-order valence-electron chi connectivity index (χ2n) is 8.00. The van der Waals surface area contributed by atoms with E-state index in [1.165, 1.54) is 0 Å². The first-order chi connectivity index (χ1) is 14.3. The zero-order valence-electron chi connectivity index (χ0n) is 16.4. The van der Waals surface area contributed by atoms with E-state index in [0.29, 0.717) is 30.6 Å². The van der Waals surface area contributed by atoms with Crippen LogP contribution in [0, 0.1) is 11.8 Å². The van der Waals surface area contributed by atoms with E-state index in [1.54, 1.807) is 29.2 Å². The molecule has 4 nitrogen and oxygen atoms in total. The molecule has 1 aliphatic carbocycles. The molecule has 1 heterocycles. The Morgan fingerprint density at radius 1 is 1.00 bits per heavy atom. The van der Waals surface area contributed by atoms with Gasteiger partial charge in [0.05, 0.1) is 5.92 Å². The van der Waals surface area contributed by atoms with Crippen molar-refractivity contribution in [3.8, 4) is 0 Å². The summed E-state index contributed by atoms with van der Waals surface area (Å²) in [7, 11) is 0. The van der Waals surface area contributed by atoms with E-state index >= 15 is 0 Å². The van der Waals surface area contributed by atoms with Gasteiger partial charge in [-0.25, -0.2) is 0 Å². The Hall–Kier alpha value is -2.83. The molecule has 1 aliphatic heterocycles. The first kappa shape index (κ1) is 20.4. The maximum atomic E-state index is 13.0. The molecule has 0 bridgehead atoms. The number of carbonyl (C=O) groups is 2. The van der Waals surface area contributed by atoms with Crippen LogP contribution in [0.3, 0.4) is 0 Å². The number of amides is 2. The van der Waals surface area contributed by atoms with Gasteiger partial charge in [-0.3, -0.25) is 9.59 Å². The number of anilines is 2. The SMILES string of the molecule is O=C(Nc1ccc(C(=O)N2CCc3ccccc32)cc1)C1CCCC(C(F)(F)F)C1. The van der Waals surface area contributed by atoms with Crippen LogP contribution in [0.25, 0.3) is 0 Å². The number of nitrogens with one attached hydrogen (secondary N) is 1. The maximum absolute atomic E-state index is 13.0. The quantitative estimate of drug-likeness (QED) is 0.748. The highest BCUT2D eigenvalue weighted by Crippen LogP contribution is 2.40. The number of hydrogen-bond donors (Lipinski definition) is 1. The number of hydrogen-bond acceptors (Lipinski definition) is 2. The molecule has 30 heavy (non-hydrogen) atoms. The average molecular weight is 416 g/mol. The Kier molecular flexibility index (Phi) is 5.54. The lowest BCUT2D eigenvalue weighted by molar-refractivity contribution is -0.185. The minimum Gasteiger partial charge on any atom is -0.326 e. The summed E-state index contributed by atoms with van der Waals surface area (Å²) < 4.78 is 38.9. The number of para-hydroxylation sites is 1. The lowest BCUT2D eigenvalue weighted by atomic mass is 9.80. The van der Waals surface area contributed by atoms with Crippen LogP contribution in [0.4, 0.5) is 24.5 Å². The summed E-state index contributed by atoms with van der Waals surface area (Å²) in [6, 6.07) is 14.3. The van der Waals surface area contributed by atoms with E-state index in [0.717, 1.165) is 17.7 Å². The molecule has 2 aromatic carbocycles. The van der Waals surface area contributed by atoms with Crippen LogP contribution >= 0.6 is 0 Å². The summed E-state index contributed by atoms with van der Waals surface area (Å²) in [5.74, 6) is -2.56. The number of nitrogens with zero attached hydrogens (tertiary/aromatic N) is 1. The van der Waals surface area contributed by atoms with Crippen LogP contribution in [-0.4, -0.2) is 24.5 Å². The predicted octanol–water partition coefficient (Wildman–Crippen LogP) is 5.20. The van der Waals surface area contributed by atoms with Gasteiger partial charge in [0.25, 0.3) is 5.91 Å². The van der Waals surface area contributed by atoms with Gasteiger partial charge in [-0.05, 0) is 61.6 Å². The average Bonchev–Trinajstić information content (AvgIpc) is 3.17. The molecule has 1 N–H and O–H groups in total. The molecule has 2 aliphatic rings. The van der Waals surface area contributed by atoms with Gasteiger partial charge in [-0.15, -0.1) is 0 Å². The summed E-state index contributed by atoms with van der Waals surface area (Å²) in [5.41, 5.74) is 3.03. The summed E-state index contributed by atoms with van der Waals surface area (Å²) >= 11 is 0. The first-order valence-corrected chi connectivity index (χ1v) is 10.2. The molecule has 0 aromatic heterocycles. The van der Waals surface area contributed by atoms with E-state index < -0.39 is 23.9 Å². The fraction of sp³-hybridized carbons (Fsp3) is 0.391. The van der Waals surface area contributed by atoms with Crippen molar-refractivity contribution < 1.29 is 22.8 Å². The minimum absolute atomic E-state index is 0.0870. The van der Waals surface area contributed by atoms with E-state index in [-0.39, 0.29) is 18.7 Å². The maximum Gasteiger partial charge on any atom is 0.391 e. The molecular formula is C23H23F3N2O2. The smallest absolute Gasteiger partial charge is 0.326 e. The van der Waals surface area contributed by atoms with Crippen molar-refractivity contribution in [1.82, 2.24) is 0 Å². The highest BCUT2D eigenvalue weighted by molar-refractivity contribution is 6.07. The van der Waals surface area contributed by atoms with Crippen molar-refractivity contribution in [1.29, 1.82) is 0 Å². The van der Waals surface area contributed by atoms with Gasteiger partial charge in [0.15, 0.2) is 0 Å². The molecule has 7 heteroatoms. The van der Waals surface area contributed by atoms with E-state index in [1.807, 2.05) is 24.3 Å². The topological polar surface area (TPSA) is 49.4 Å². The van der Waals surface area contributed by atoms with Gasteiger partial charge < -0.3 is 10.2 Å². The zero-order valence-corrected chi connectivity index (χ0v) is 16.4. The summed E-state index contributed by atoms with van der Waals surface area (Å²) in [4.78, 5) is 27.0. The van der Waals surface area contributed by atoms with Crippen LogP contribution in [0.5, 0.6) is 0 Å². The second-order valence-corrected chi connectivity index (χ2v) is 8.00. The molecular weight excluding hydrogens is 393 g/mol. The second kappa shape index (κ2) is 8.13. The van der Waals surface area contributed by atoms with E-state index in [4.69, 9.17) is 0 Å². The van der Waals surface area contributed by atoms with Gasteiger partial charge >= 0.3 is 6.18 Å². The summed E-state index contributed by atoms with van der Waals surface area (Å²) in [6.07, 6.45) is -2.66. The summed E-state index contributed by atoms with van der Waals surface area (Å²) in [5, 5.41) is 2.70. The van der Waals surface area contributed by atoms with Crippen LogP contribution < -0.4 is 10.2 Å². The molecule has 0 saturated heterocycles. The number of rotatable bonds is 3. The Balaban J connectivity index is 1.39. The highest BCUT2D eigenvalue weighted by Gasteiger charge is 2.43. The number of carbonyl (C=O) groups excluding carboxylic acids is 2. The molecule has 4 rings (SSSR count). The Labute approximate surface area is 173 Å². The van der Waals surface area contributed by atoms with Crippen molar-refractivity contribution in [3.05, 3.63) is 59.7 Å². The molecule has 2 unspecified atom stereocenters. The molecule has 0 spiro atoms. The Bertz CT molecular complexity index is 940. The standard InChI is InChI=1S/C23H23F3N2O2/c24-23(25,26)18-6-3-5-17(14-18)21(29)27-19-10-8-16(9-11-19)22(30)28-13-12-15-4-1-2-7-20(15)28/h1-2,4,7-11,17-18H,3,5-6,12-14H2,(H,27,29). The van der Waals surface area contributed by atoms with Gasteiger partial charge in [0, 0.05) is 29.4 Å². The van der Waals surface area contributed by atoms with Crippen LogP contribution in [-0.2, 0) is 11.2 Å². The van der Waals surface area contributed by atoms with E-state index in [9.17, 15) is 22.8 Å². The minimum atomic E-state index is -4.25. The monoisotopic (exact) mass is 416 g/mol. The number of benzene rings is 2. The normalized spacial score (nSPS) is 21.2. The predicted molar refractivity (Wildman–Crippen MR) is 108 cm³/mol. The summed E-state index contributed by atoms with van der Waals surface area (Å²) in [6.45, 7) is 0.624. The molecule has 2 amide bonds. The molecule has 158 valence electrons. The van der Waals surface area contributed by atoms with Crippen molar-refractivity contribution in [2.45, 2.75) is 38.3 Å². The number of fused-ring (bicyclic) bond motifs is 1.